The van der Waals surface area contributed by atoms with Gasteiger partial charge in [-0.1, -0.05) is 6.07 Å². The number of ether oxygens (including phenoxy) is 1. The molecule has 0 saturated carbocycles. The predicted octanol–water partition coefficient (Wildman–Crippen LogP) is 4.46. The molecule has 1 aromatic carbocycles. The van der Waals surface area contributed by atoms with E-state index in [0.29, 0.717) is 11.0 Å². The van der Waals surface area contributed by atoms with Crippen molar-refractivity contribution in [3.8, 4) is 5.75 Å². The van der Waals surface area contributed by atoms with E-state index in [4.69, 9.17) is 9.15 Å². The Kier molecular flexibility index (Phi) is 6.00. The number of rotatable bonds is 5. The molecule has 11 heteroatoms. The van der Waals surface area contributed by atoms with Crippen molar-refractivity contribution in [3.05, 3.63) is 59.1 Å². The number of fused-ring (bicyclic) bond motifs is 1. The minimum absolute atomic E-state index is 0.142. The number of pyridine rings is 1. The number of benzene rings is 1. The van der Waals surface area contributed by atoms with Crippen LogP contribution in [-0.4, -0.2) is 35.9 Å². The van der Waals surface area contributed by atoms with E-state index >= 15 is 0 Å². The van der Waals surface area contributed by atoms with E-state index in [9.17, 15) is 26.7 Å². The normalized spacial score (nSPS) is 18.3. The van der Waals surface area contributed by atoms with Crippen LogP contribution in [0.2, 0.25) is 0 Å². The van der Waals surface area contributed by atoms with Crippen LogP contribution >= 0.6 is 0 Å². The molecule has 33 heavy (non-hydrogen) atoms. The van der Waals surface area contributed by atoms with Gasteiger partial charge in [0.15, 0.2) is 5.69 Å². The largest absolute Gasteiger partial charge is 0.489 e. The molecule has 0 bridgehead atoms. The number of carbonyl (C=O) groups excluding carboxylic acids is 1. The first-order chi connectivity index (χ1) is 15.5. The van der Waals surface area contributed by atoms with E-state index in [0.717, 1.165) is 6.20 Å². The Morgan fingerprint density at radius 2 is 2.12 bits per heavy atom. The van der Waals surface area contributed by atoms with E-state index in [2.05, 4.69) is 15.6 Å². The molecule has 3 aromatic rings. The highest BCUT2D eigenvalue weighted by molar-refractivity contribution is 6.07. The smallest absolute Gasteiger partial charge is 0.433 e. The molecule has 1 saturated heterocycles. The molecule has 2 N–H and O–H groups in total. The van der Waals surface area contributed by atoms with Crippen molar-refractivity contribution in [1.29, 1.82) is 0 Å². The molecule has 0 spiro atoms. The van der Waals surface area contributed by atoms with Crippen molar-refractivity contribution in [3.63, 3.8) is 0 Å². The van der Waals surface area contributed by atoms with Gasteiger partial charge in [0.1, 0.15) is 23.7 Å². The van der Waals surface area contributed by atoms with E-state index in [1.807, 2.05) is 0 Å². The van der Waals surface area contributed by atoms with Gasteiger partial charge in [0.2, 0.25) is 0 Å². The van der Waals surface area contributed by atoms with Gasteiger partial charge in [-0.25, -0.2) is 8.78 Å². The van der Waals surface area contributed by atoms with E-state index in [1.165, 1.54) is 30.3 Å². The third kappa shape index (κ3) is 5.08. The van der Waals surface area contributed by atoms with Gasteiger partial charge in [-0.3, -0.25) is 9.78 Å². The summed E-state index contributed by atoms with van der Waals surface area (Å²) in [4.78, 5) is 16.2. The van der Waals surface area contributed by atoms with Gasteiger partial charge in [0, 0.05) is 36.2 Å². The lowest BCUT2D eigenvalue weighted by molar-refractivity contribution is -0.142. The van der Waals surface area contributed by atoms with Crippen LogP contribution in [0.1, 0.15) is 33.8 Å². The first-order valence-corrected chi connectivity index (χ1v) is 10.1. The van der Waals surface area contributed by atoms with Gasteiger partial charge in [0.05, 0.1) is 12.1 Å². The molecule has 1 unspecified atom stereocenters. The zero-order valence-corrected chi connectivity index (χ0v) is 17.4. The number of alkyl halides is 5. The fourth-order valence-corrected chi connectivity index (χ4v) is 3.84. The van der Waals surface area contributed by atoms with Crippen molar-refractivity contribution in [2.45, 2.75) is 38.1 Å². The summed E-state index contributed by atoms with van der Waals surface area (Å²) >= 11 is 0. The van der Waals surface area contributed by atoms with Gasteiger partial charge in [-0.15, -0.1) is 0 Å². The summed E-state index contributed by atoms with van der Waals surface area (Å²) in [5.41, 5.74) is -0.670. The van der Waals surface area contributed by atoms with Gasteiger partial charge < -0.3 is 19.8 Å². The number of aryl methyl sites for hydroxylation is 1. The predicted molar refractivity (Wildman–Crippen MR) is 108 cm³/mol. The fourth-order valence-electron chi connectivity index (χ4n) is 3.84. The Morgan fingerprint density at radius 3 is 2.85 bits per heavy atom. The number of nitrogens with one attached hydrogen (secondary N) is 2. The second kappa shape index (κ2) is 8.62. The fraction of sp³-hybridized carbons (Fsp3) is 0.364. The van der Waals surface area contributed by atoms with E-state index < -0.39 is 49.3 Å². The Morgan fingerprint density at radius 1 is 1.33 bits per heavy atom. The van der Waals surface area contributed by atoms with Crippen LogP contribution in [0.15, 0.2) is 40.9 Å². The molecule has 1 fully saturated rings. The lowest BCUT2D eigenvalue weighted by Crippen LogP contribution is -2.53. The highest BCUT2D eigenvalue weighted by Crippen LogP contribution is 2.32. The quantitative estimate of drug-likeness (QED) is 0.540. The average Bonchev–Trinajstić information content (AvgIpc) is 3.06. The second-order valence-electron chi connectivity index (χ2n) is 7.85. The Bertz CT molecular complexity index is 1180. The second-order valence-corrected chi connectivity index (χ2v) is 7.85. The van der Waals surface area contributed by atoms with Crippen molar-refractivity contribution in [1.82, 2.24) is 15.6 Å². The number of hydrogen-bond acceptors (Lipinski definition) is 5. The lowest BCUT2D eigenvalue weighted by Gasteiger charge is -2.30. The van der Waals surface area contributed by atoms with E-state index in [-0.39, 0.29) is 29.2 Å². The number of carbonyl (C=O) groups is 1. The maximum Gasteiger partial charge on any atom is 0.433 e. The Labute approximate surface area is 185 Å². The van der Waals surface area contributed by atoms with Crippen LogP contribution in [-0.2, 0) is 12.8 Å². The van der Waals surface area contributed by atoms with E-state index in [1.54, 1.807) is 6.92 Å². The maximum absolute atomic E-state index is 13.6. The number of aromatic nitrogens is 1. The number of furan rings is 1. The minimum Gasteiger partial charge on any atom is -0.489 e. The molecule has 3 heterocycles. The van der Waals surface area contributed by atoms with Crippen LogP contribution < -0.4 is 15.4 Å². The average molecular weight is 469 g/mol. The van der Waals surface area contributed by atoms with Crippen molar-refractivity contribution in [2.24, 2.45) is 0 Å². The molecule has 0 radical (unpaired) electrons. The van der Waals surface area contributed by atoms with Crippen molar-refractivity contribution >= 4 is 16.9 Å². The van der Waals surface area contributed by atoms with Gasteiger partial charge in [-0.05, 0) is 31.2 Å². The summed E-state index contributed by atoms with van der Waals surface area (Å²) in [5.74, 6) is -3.02. The molecular weight excluding hydrogens is 449 g/mol. The molecule has 1 aliphatic rings. The summed E-state index contributed by atoms with van der Waals surface area (Å²) in [6, 6.07) is 6.38. The number of nitrogens with zero attached hydrogens (tertiary/aromatic N) is 1. The SMILES string of the molecule is Cc1oc2ccc(OCc3cccnc3C(F)(F)F)cc2c1C(=O)NC1CNCC(F)(F)C1. The van der Waals surface area contributed by atoms with Gasteiger partial charge >= 0.3 is 6.18 Å². The lowest BCUT2D eigenvalue weighted by atomic mass is 10.0. The zero-order valence-electron chi connectivity index (χ0n) is 17.4. The molecular formula is C22H20F5N3O3. The van der Waals surface area contributed by atoms with Crippen LogP contribution in [0.5, 0.6) is 5.75 Å². The molecule has 1 atom stereocenters. The van der Waals surface area contributed by atoms with Crippen molar-refractivity contribution < 1.29 is 35.9 Å². The minimum atomic E-state index is -4.62. The standard InChI is InChI=1S/C22H20F5N3O3/c1-12-18(20(31)30-14-8-21(23,24)11-28-9-14)16-7-15(4-5-17(16)33-12)32-10-13-3-2-6-29-19(13)22(25,26)27/h2-7,14,28H,8-11H2,1H3,(H,30,31). The van der Waals surface area contributed by atoms with Crippen molar-refractivity contribution in [2.75, 3.05) is 13.1 Å². The summed E-state index contributed by atoms with van der Waals surface area (Å²) in [6.45, 7) is 0.932. The number of halogens is 5. The summed E-state index contributed by atoms with van der Waals surface area (Å²) in [5, 5.41) is 5.55. The molecule has 176 valence electrons. The Hall–Kier alpha value is -3.21. The zero-order chi connectivity index (χ0) is 23.8. The highest BCUT2D eigenvalue weighted by atomic mass is 19.4. The number of hydrogen-bond donors (Lipinski definition) is 2. The molecule has 4 rings (SSSR count). The first kappa shape index (κ1) is 23.0. The topological polar surface area (TPSA) is 76.4 Å². The van der Waals surface area contributed by atoms with Gasteiger partial charge in [0.25, 0.3) is 11.8 Å². The van der Waals surface area contributed by atoms with Crippen LogP contribution in [0.25, 0.3) is 11.0 Å². The van der Waals surface area contributed by atoms with Crippen LogP contribution in [0.3, 0.4) is 0 Å². The summed E-state index contributed by atoms with van der Waals surface area (Å²) in [6.07, 6.45) is -4.06. The third-order valence-electron chi connectivity index (χ3n) is 5.27. The maximum atomic E-state index is 13.6. The Balaban J connectivity index is 1.55. The first-order valence-electron chi connectivity index (χ1n) is 10.1. The van der Waals surface area contributed by atoms with Crippen LogP contribution in [0, 0.1) is 6.92 Å². The summed E-state index contributed by atoms with van der Waals surface area (Å²) in [7, 11) is 0. The molecule has 1 aliphatic heterocycles. The molecule has 2 aromatic heterocycles. The van der Waals surface area contributed by atoms with Gasteiger partial charge in [-0.2, -0.15) is 13.2 Å². The monoisotopic (exact) mass is 469 g/mol. The van der Waals surface area contributed by atoms with Crippen LogP contribution in [0.4, 0.5) is 22.0 Å². The summed E-state index contributed by atoms with van der Waals surface area (Å²) < 4.78 is 77.8. The molecule has 1 amide bonds. The molecule has 0 aliphatic carbocycles. The number of amides is 1. The number of piperidine rings is 1. The third-order valence-corrected chi connectivity index (χ3v) is 5.27. The molecule has 6 nitrogen and oxygen atoms in total. The highest BCUT2D eigenvalue weighted by Gasteiger charge is 2.37.